The SMILES string of the molecule is COc1ccc(-c2cccc3cc(Nc4cc(OC)c(OC)c(OC)c4)[nH]c23)cc1N. The first kappa shape index (κ1) is 20.3. The van der Waals surface area contributed by atoms with Crippen molar-refractivity contribution in [1.29, 1.82) is 0 Å². The van der Waals surface area contributed by atoms with E-state index in [0.717, 1.165) is 33.5 Å². The lowest BCUT2D eigenvalue weighted by Crippen LogP contribution is -1.98. The summed E-state index contributed by atoms with van der Waals surface area (Å²) in [6.45, 7) is 0. The van der Waals surface area contributed by atoms with E-state index < -0.39 is 0 Å². The van der Waals surface area contributed by atoms with Gasteiger partial charge in [-0.1, -0.05) is 24.3 Å². The van der Waals surface area contributed by atoms with E-state index in [2.05, 4.69) is 28.5 Å². The zero-order valence-corrected chi connectivity index (χ0v) is 17.9. The Bertz CT molecular complexity index is 1210. The molecule has 0 radical (unpaired) electrons. The quantitative estimate of drug-likeness (QED) is 0.357. The maximum Gasteiger partial charge on any atom is 0.203 e. The average molecular weight is 419 g/mol. The highest BCUT2D eigenvalue weighted by Crippen LogP contribution is 2.41. The van der Waals surface area contributed by atoms with Crippen molar-refractivity contribution >= 4 is 28.1 Å². The van der Waals surface area contributed by atoms with E-state index in [9.17, 15) is 0 Å². The second kappa shape index (κ2) is 8.39. The van der Waals surface area contributed by atoms with Crippen LogP contribution in [-0.2, 0) is 0 Å². The van der Waals surface area contributed by atoms with Crippen LogP contribution < -0.4 is 30.0 Å². The minimum Gasteiger partial charge on any atom is -0.495 e. The van der Waals surface area contributed by atoms with E-state index in [0.29, 0.717) is 28.7 Å². The zero-order chi connectivity index (χ0) is 22.0. The van der Waals surface area contributed by atoms with Crippen LogP contribution in [0.15, 0.2) is 54.6 Å². The van der Waals surface area contributed by atoms with E-state index in [4.69, 9.17) is 24.7 Å². The van der Waals surface area contributed by atoms with Gasteiger partial charge in [-0.25, -0.2) is 0 Å². The van der Waals surface area contributed by atoms with Crippen LogP contribution >= 0.6 is 0 Å². The highest BCUT2D eigenvalue weighted by Gasteiger charge is 2.14. The van der Waals surface area contributed by atoms with Gasteiger partial charge in [0.25, 0.3) is 0 Å². The van der Waals surface area contributed by atoms with Gasteiger partial charge in [0.1, 0.15) is 11.6 Å². The summed E-state index contributed by atoms with van der Waals surface area (Å²) in [5.74, 6) is 3.20. The number of nitrogens with one attached hydrogen (secondary N) is 2. The Morgan fingerprint density at radius 1 is 0.774 bits per heavy atom. The third kappa shape index (κ3) is 3.77. The van der Waals surface area contributed by atoms with E-state index in [-0.39, 0.29) is 0 Å². The molecule has 7 nitrogen and oxygen atoms in total. The first-order valence-corrected chi connectivity index (χ1v) is 9.70. The van der Waals surface area contributed by atoms with Gasteiger partial charge in [-0.2, -0.15) is 0 Å². The first-order chi connectivity index (χ1) is 15.1. The number of nitrogens with two attached hydrogens (primary N) is 1. The molecule has 0 unspecified atom stereocenters. The summed E-state index contributed by atoms with van der Waals surface area (Å²) >= 11 is 0. The lowest BCUT2D eigenvalue weighted by molar-refractivity contribution is 0.324. The Morgan fingerprint density at radius 3 is 2.10 bits per heavy atom. The highest BCUT2D eigenvalue weighted by atomic mass is 16.5. The van der Waals surface area contributed by atoms with Crippen LogP contribution in [-0.4, -0.2) is 33.4 Å². The second-order valence-electron chi connectivity index (χ2n) is 6.95. The molecule has 0 aliphatic rings. The molecule has 160 valence electrons. The molecule has 0 saturated carbocycles. The molecule has 0 bridgehead atoms. The van der Waals surface area contributed by atoms with Crippen molar-refractivity contribution in [2.24, 2.45) is 0 Å². The van der Waals surface area contributed by atoms with E-state index in [1.165, 1.54) is 0 Å². The molecule has 31 heavy (non-hydrogen) atoms. The molecule has 4 rings (SSSR count). The van der Waals surface area contributed by atoms with Crippen LogP contribution in [0.25, 0.3) is 22.0 Å². The summed E-state index contributed by atoms with van der Waals surface area (Å²) < 4.78 is 21.6. The third-order valence-corrected chi connectivity index (χ3v) is 5.14. The number of benzene rings is 3. The number of anilines is 3. The molecule has 0 atom stereocenters. The second-order valence-corrected chi connectivity index (χ2v) is 6.95. The lowest BCUT2D eigenvalue weighted by Gasteiger charge is -2.14. The molecule has 1 heterocycles. The summed E-state index contributed by atoms with van der Waals surface area (Å²) in [4.78, 5) is 3.47. The van der Waals surface area contributed by atoms with Crippen molar-refractivity contribution in [3.8, 4) is 34.1 Å². The molecular formula is C24H25N3O4. The fourth-order valence-corrected chi connectivity index (χ4v) is 3.67. The van der Waals surface area contributed by atoms with E-state index in [1.807, 2.05) is 36.4 Å². The minimum absolute atomic E-state index is 0.548. The number of ether oxygens (including phenoxy) is 4. The van der Waals surface area contributed by atoms with Crippen LogP contribution in [0.3, 0.4) is 0 Å². The number of hydrogen-bond acceptors (Lipinski definition) is 6. The minimum atomic E-state index is 0.548. The van der Waals surface area contributed by atoms with Gasteiger partial charge in [0.05, 0.1) is 39.6 Å². The fourth-order valence-electron chi connectivity index (χ4n) is 3.67. The van der Waals surface area contributed by atoms with Crippen LogP contribution in [0, 0.1) is 0 Å². The van der Waals surface area contributed by atoms with E-state index >= 15 is 0 Å². The molecule has 7 heteroatoms. The van der Waals surface area contributed by atoms with Crippen molar-refractivity contribution in [3.05, 3.63) is 54.6 Å². The van der Waals surface area contributed by atoms with Gasteiger partial charge in [-0.3, -0.25) is 0 Å². The number of aromatic amines is 1. The summed E-state index contributed by atoms with van der Waals surface area (Å²) in [6.07, 6.45) is 0. The number of fused-ring (bicyclic) bond motifs is 1. The topological polar surface area (TPSA) is 90.8 Å². The monoisotopic (exact) mass is 419 g/mol. The van der Waals surface area contributed by atoms with Crippen molar-refractivity contribution < 1.29 is 18.9 Å². The highest BCUT2D eigenvalue weighted by molar-refractivity contribution is 5.97. The van der Waals surface area contributed by atoms with E-state index in [1.54, 1.807) is 28.4 Å². The molecule has 0 aliphatic heterocycles. The smallest absolute Gasteiger partial charge is 0.203 e. The number of hydrogen-bond donors (Lipinski definition) is 3. The van der Waals surface area contributed by atoms with Gasteiger partial charge in [0, 0.05) is 28.8 Å². The van der Waals surface area contributed by atoms with Gasteiger partial charge in [0.15, 0.2) is 11.5 Å². The number of para-hydroxylation sites is 1. The summed E-state index contributed by atoms with van der Waals surface area (Å²) in [7, 11) is 6.38. The summed E-state index contributed by atoms with van der Waals surface area (Å²) in [5, 5.41) is 4.46. The number of H-pyrrole nitrogens is 1. The predicted molar refractivity (Wildman–Crippen MR) is 124 cm³/mol. The molecule has 4 aromatic rings. The molecule has 4 N–H and O–H groups in total. The molecule has 0 aliphatic carbocycles. The number of rotatable bonds is 7. The van der Waals surface area contributed by atoms with Crippen LogP contribution in [0.1, 0.15) is 0 Å². The normalized spacial score (nSPS) is 10.7. The van der Waals surface area contributed by atoms with Crippen molar-refractivity contribution in [3.63, 3.8) is 0 Å². The molecule has 0 fully saturated rings. The van der Waals surface area contributed by atoms with Crippen LogP contribution in [0.4, 0.5) is 17.2 Å². The number of aromatic nitrogens is 1. The van der Waals surface area contributed by atoms with Crippen molar-refractivity contribution in [2.45, 2.75) is 0 Å². The number of methoxy groups -OCH3 is 4. The Hall–Kier alpha value is -4.00. The zero-order valence-electron chi connectivity index (χ0n) is 17.9. The molecule has 0 spiro atoms. The average Bonchev–Trinajstić information content (AvgIpc) is 3.20. The molecule has 0 saturated heterocycles. The Balaban J connectivity index is 1.73. The van der Waals surface area contributed by atoms with Gasteiger partial charge >= 0.3 is 0 Å². The lowest BCUT2D eigenvalue weighted by atomic mass is 10.0. The maximum absolute atomic E-state index is 6.12. The summed E-state index contributed by atoms with van der Waals surface area (Å²) in [5.41, 5.74) is 10.6. The Labute approximate surface area is 180 Å². The predicted octanol–water partition coefficient (Wildman–Crippen LogP) is 5.20. The van der Waals surface area contributed by atoms with Gasteiger partial charge in [-0.05, 0) is 23.8 Å². The summed E-state index contributed by atoms with van der Waals surface area (Å²) in [6, 6.07) is 17.7. The molecule has 1 aromatic heterocycles. The van der Waals surface area contributed by atoms with Gasteiger partial charge < -0.3 is 35.0 Å². The van der Waals surface area contributed by atoms with Crippen LogP contribution in [0.5, 0.6) is 23.0 Å². The molecule has 3 aromatic carbocycles. The van der Waals surface area contributed by atoms with Gasteiger partial charge in [0.2, 0.25) is 5.75 Å². The maximum atomic E-state index is 6.12. The Kier molecular flexibility index (Phi) is 5.49. The van der Waals surface area contributed by atoms with Crippen LogP contribution in [0.2, 0.25) is 0 Å². The third-order valence-electron chi connectivity index (χ3n) is 5.14. The standard InChI is InChI=1S/C24H25N3O4/c1-28-19-9-8-14(10-18(19)25)17-7-5-6-15-11-22(27-23(15)17)26-16-12-20(29-2)24(31-4)21(13-16)30-3/h5-13,26-27H,25H2,1-4H3. The first-order valence-electron chi connectivity index (χ1n) is 9.70. The largest absolute Gasteiger partial charge is 0.495 e. The fraction of sp³-hybridized carbons (Fsp3) is 0.167. The van der Waals surface area contributed by atoms with Crippen molar-refractivity contribution in [1.82, 2.24) is 4.98 Å². The Morgan fingerprint density at radius 2 is 1.48 bits per heavy atom. The molecular weight excluding hydrogens is 394 g/mol. The van der Waals surface area contributed by atoms with Gasteiger partial charge in [-0.15, -0.1) is 0 Å². The number of nitrogen functional groups attached to an aromatic ring is 1. The molecule has 0 amide bonds. The van der Waals surface area contributed by atoms with Crippen molar-refractivity contribution in [2.75, 3.05) is 39.5 Å².